The third-order valence-electron chi connectivity index (χ3n) is 3.62. The fraction of sp³-hybridized carbons (Fsp3) is 0.500. The second-order valence-electron chi connectivity index (χ2n) is 4.88. The Morgan fingerprint density at radius 3 is 2.94 bits per heavy atom. The molecule has 1 aliphatic carbocycles. The predicted molar refractivity (Wildman–Crippen MR) is 75.5 cm³/mol. The van der Waals surface area contributed by atoms with Crippen molar-refractivity contribution >= 4 is 29.1 Å². The monoisotopic (exact) mass is 285 g/mol. The standard InChI is InChI=1S/C14H17Cl2NO/c1-9-5-6-11(16)7-12(9)14(18)17-13-4-2-3-10(13)8-15/h5-7,10,13H,2-4,8H2,1H3,(H,17,18). The van der Waals surface area contributed by atoms with E-state index in [4.69, 9.17) is 23.2 Å². The van der Waals surface area contributed by atoms with Crippen LogP contribution in [0, 0.1) is 12.8 Å². The molecule has 0 spiro atoms. The molecule has 2 rings (SSSR count). The summed E-state index contributed by atoms with van der Waals surface area (Å²) in [6.45, 7) is 1.92. The number of hydrogen-bond donors (Lipinski definition) is 1. The summed E-state index contributed by atoms with van der Waals surface area (Å²) in [7, 11) is 0. The molecule has 0 heterocycles. The first-order valence-electron chi connectivity index (χ1n) is 6.25. The Kier molecular flexibility index (Phi) is 4.52. The zero-order valence-corrected chi connectivity index (χ0v) is 11.9. The van der Waals surface area contributed by atoms with Crippen molar-refractivity contribution < 1.29 is 4.79 Å². The minimum atomic E-state index is -0.0444. The highest BCUT2D eigenvalue weighted by Gasteiger charge is 2.28. The number of alkyl halides is 1. The summed E-state index contributed by atoms with van der Waals surface area (Å²) in [5.41, 5.74) is 1.60. The quantitative estimate of drug-likeness (QED) is 0.842. The minimum Gasteiger partial charge on any atom is -0.349 e. The summed E-state index contributed by atoms with van der Waals surface area (Å²) in [6.07, 6.45) is 3.25. The topological polar surface area (TPSA) is 29.1 Å². The zero-order valence-electron chi connectivity index (χ0n) is 10.4. The average Bonchev–Trinajstić information content (AvgIpc) is 2.79. The van der Waals surface area contributed by atoms with Crippen LogP contribution in [-0.2, 0) is 0 Å². The molecule has 1 aromatic rings. The van der Waals surface area contributed by atoms with E-state index in [0.717, 1.165) is 24.8 Å². The summed E-state index contributed by atoms with van der Waals surface area (Å²) in [6, 6.07) is 5.58. The molecule has 1 N–H and O–H groups in total. The number of nitrogens with one attached hydrogen (secondary N) is 1. The Balaban J connectivity index is 2.09. The molecular formula is C14H17Cl2NO. The molecule has 1 aromatic carbocycles. The summed E-state index contributed by atoms with van der Waals surface area (Å²) < 4.78 is 0. The molecule has 0 aromatic heterocycles. The van der Waals surface area contributed by atoms with Gasteiger partial charge >= 0.3 is 0 Å². The number of rotatable bonds is 3. The number of carbonyl (C=O) groups excluding carboxylic acids is 1. The highest BCUT2D eigenvalue weighted by molar-refractivity contribution is 6.31. The number of carbonyl (C=O) groups is 1. The van der Waals surface area contributed by atoms with Gasteiger partial charge in [-0.05, 0) is 43.4 Å². The van der Waals surface area contributed by atoms with Gasteiger partial charge in [0, 0.05) is 22.5 Å². The lowest BCUT2D eigenvalue weighted by Crippen LogP contribution is -2.38. The van der Waals surface area contributed by atoms with E-state index >= 15 is 0 Å². The summed E-state index contributed by atoms with van der Waals surface area (Å²) in [5, 5.41) is 3.67. The van der Waals surface area contributed by atoms with Crippen LogP contribution in [0.15, 0.2) is 18.2 Å². The first kappa shape index (κ1) is 13.7. The van der Waals surface area contributed by atoms with Gasteiger partial charge < -0.3 is 5.32 Å². The molecule has 2 nitrogen and oxygen atoms in total. The number of halogens is 2. The van der Waals surface area contributed by atoms with Gasteiger partial charge in [0.05, 0.1) is 0 Å². The number of aryl methyl sites for hydroxylation is 1. The predicted octanol–water partition coefficient (Wildman–Crippen LogP) is 3.79. The number of benzene rings is 1. The van der Waals surface area contributed by atoms with Crippen LogP contribution in [0.5, 0.6) is 0 Å². The van der Waals surface area contributed by atoms with Crippen molar-refractivity contribution in [3.05, 3.63) is 34.3 Å². The Morgan fingerprint density at radius 1 is 1.44 bits per heavy atom. The lowest BCUT2D eigenvalue weighted by Gasteiger charge is -2.19. The molecule has 2 unspecified atom stereocenters. The van der Waals surface area contributed by atoms with Gasteiger partial charge in [0.2, 0.25) is 0 Å². The molecule has 2 atom stereocenters. The van der Waals surface area contributed by atoms with Crippen molar-refractivity contribution in [3.63, 3.8) is 0 Å². The molecule has 18 heavy (non-hydrogen) atoms. The zero-order chi connectivity index (χ0) is 13.1. The number of hydrogen-bond acceptors (Lipinski definition) is 1. The van der Waals surface area contributed by atoms with Crippen molar-refractivity contribution in [2.45, 2.75) is 32.2 Å². The molecule has 0 radical (unpaired) electrons. The summed E-state index contributed by atoms with van der Waals surface area (Å²) in [4.78, 5) is 12.2. The highest BCUT2D eigenvalue weighted by atomic mass is 35.5. The van der Waals surface area contributed by atoms with Gasteiger partial charge in [-0.3, -0.25) is 4.79 Å². The van der Waals surface area contributed by atoms with E-state index < -0.39 is 0 Å². The van der Waals surface area contributed by atoms with E-state index in [0.29, 0.717) is 22.4 Å². The third kappa shape index (κ3) is 2.99. The Morgan fingerprint density at radius 2 is 2.22 bits per heavy atom. The first-order valence-corrected chi connectivity index (χ1v) is 7.16. The molecule has 0 aliphatic heterocycles. The van der Waals surface area contributed by atoms with Gasteiger partial charge in [0.25, 0.3) is 5.91 Å². The van der Waals surface area contributed by atoms with Crippen molar-refractivity contribution in [2.24, 2.45) is 5.92 Å². The van der Waals surface area contributed by atoms with Crippen LogP contribution in [0.1, 0.15) is 35.2 Å². The van der Waals surface area contributed by atoms with Crippen LogP contribution in [0.25, 0.3) is 0 Å². The Labute approximate surface area is 118 Å². The van der Waals surface area contributed by atoms with E-state index in [1.54, 1.807) is 12.1 Å². The van der Waals surface area contributed by atoms with Crippen molar-refractivity contribution in [2.75, 3.05) is 5.88 Å². The van der Waals surface area contributed by atoms with Crippen LogP contribution in [0.3, 0.4) is 0 Å². The fourth-order valence-corrected chi connectivity index (χ4v) is 3.04. The average molecular weight is 286 g/mol. The molecule has 1 aliphatic rings. The van der Waals surface area contributed by atoms with Crippen LogP contribution >= 0.6 is 23.2 Å². The van der Waals surface area contributed by atoms with Gasteiger partial charge in [0.15, 0.2) is 0 Å². The maximum Gasteiger partial charge on any atom is 0.251 e. The van der Waals surface area contributed by atoms with Crippen LogP contribution < -0.4 is 5.32 Å². The van der Waals surface area contributed by atoms with E-state index in [1.165, 1.54) is 0 Å². The minimum absolute atomic E-state index is 0.0444. The molecule has 1 saturated carbocycles. The van der Waals surface area contributed by atoms with E-state index in [-0.39, 0.29) is 11.9 Å². The maximum absolute atomic E-state index is 12.2. The Hall–Kier alpha value is -0.730. The van der Waals surface area contributed by atoms with Crippen LogP contribution in [0.4, 0.5) is 0 Å². The first-order chi connectivity index (χ1) is 8.61. The van der Waals surface area contributed by atoms with E-state index in [1.807, 2.05) is 13.0 Å². The summed E-state index contributed by atoms with van der Waals surface area (Å²) in [5.74, 6) is 0.964. The van der Waals surface area contributed by atoms with E-state index in [2.05, 4.69) is 5.32 Å². The van der Waals surface area contributed by atoms with Gasteiger partial charge in [-0.2, -0.15) is 0 Å². The third-order valence-corrected chi connectivity index (χ3v) is 4.25. The molecule has 98 valence electrons. The van der Waals surface area contributed by atoms with Crippen LogP contribution in [0.2, 0.25) is 5.02 Å². The normalized spacial score (nSPS) is 23.1. The molecule has 1 fully saturated rings. The lowest BCUT2D eigenvalue weighted by molar-refractivity contribution is 0.0929. The smallest absolute Gasteiger partial charge is 0.251 e. The molecule has 0 bridgehead atoms. The highest BCUT2D eigenvalue weighted by Crippen LogP contribution is 2.27. The van der Waals surface area contributed by atoms with Crippen LogP contribution in [-0.4, -0.2) is 17.8 Å². The van der Waals surface area contributed by atoms with Gasteiger partial charge in [-0.1, -0.05) is 24.1 Å². The van der Waals surface area contributed by atoms with Crippen molar-refractivity contribution in [1.82, 2.24) is 5.32 Å². The van der Waals surface area contributed by atoms with Gasteiger partial charge in [-0.15, -0.1) is 11.6 Å². The molecular weight excluding hydrogens is 269 g/mol. The van der Waals surface area contributed by atoms with Crippen molar-refractivity contribution in [1.29, 1.82) is 0 Å². The molecule has 4 heteroatoms. The van der Waals surface area contributed by atoms with Crippen molar-refractivity contribution in [3.8, 4) is 0 Å². The maximum atomic E-state index is 12.2. The van der Waals surface area contributed by atoms with E-state index in [9.17, 15) is 4.79 Å². The summed E-state index contributed by atoms with van der Waals surface area (Å²) >= 11 is 11.8. The van der Waals surface area contributed by atoms with Gasteiger partial charge in [0.1, 0.15) is 0 Å². The fourth-order valence-electron chi connectivity index (χ4n) is 2.50. The van der Waals surface area contributed by atoms with Gasteiger partial charge in [-0.25, -0.2) is 0 Å². The molecule has 1 amide bonds. The largest absolute Gasteiger partial charge is 0.349 e. The SMILES string of the molecule is Cc1ccc(Cl)cc1C(=O)NC1CCCC1CCl. The second-order valence-corrected chi connectivity index (χ2v) is 5.63. The molecule has 0 saturated heterocycles. The Bertz CT molecular complexity index is 447. The lowest BCUT2D eigenvalue weighted by atomic mass is 10.0. The number of amides is 1. The second kappa shape index (κ2) is 5.94.